The van der Waals surface area contributed by atoms with Crippen LogP contribution in [0.5, 0.6) is 0 Å². The van der Waals surface area contributed by atoms with E-state index in [2.05, 4.69) is 26.1 Å². The summed E-state index contributed by atoms with van der Waals surface area (Å²) in [6, 6.07) is 4.23. The average molecular weight is 361 g/mol. The molecule has 0 amide bonds. The van der Waals surface area contributed by atoms with Crippen molar-refractivity contribution in [3.05, 3.63) is 28.5 Å². The molecule has 3 rings (SSSR count). The lowest BCUT2D eigenvalue weighted by atomic mass is 10.2. The lowest BCUT2D eigenvalue weighted by Gasteiger charge is -2.08. The minimum absolute atomic E-state index is 0.00429. The molecule has 6 nitrogen and oxygen atoms in total. The van der Waals surface area contributed by atoms with Crippen molar-refractivity contribution in [1.29, 1.82) is 0 Å². The number of primary sulfonamides is 1. The average Bonchev–Trinajstić information content (AvgIpc) is 3.04. The molecule has 0 atom stereocenters. The van der Waals surface area contributed by atoms with Crippen LogP contribution in [0.1, 0.15) is 18.9 Å². The Morgan fingerprint density at radius 2 is 2.00 bits per heavy atom. The van der Waals surface area contributed by atoms with Gasteiger partial charge in [-0.1, -0.05) is 15.9 Å². The van der Waals surface area contributed by atoms with Crippen molar-refractivity contribution < 1.29 is 12.8 Å². The van der Waals surface area contributed by atoms with Crippen LogP contribution in [0, 0.1) is 5.82 Å². The van der Waals surface area contributed by atoms with Gasteiger partial charge in [-0.05, 0) is 31.0 Å². The van der Waals surface area contributed by atoms with Gasteiger partial charge in [0.15, 0.2) is 5.82 Å². The molecule has 0 spiro atoms. The summed E-state index contributed by atoms with van der Waals surface area (Å²) < 4.78 is 38.5. The summed E-state index contributed by atoms with van der Waals surface area (Å²) in [5, 5.41) is 12.4. The minimum Gasteiger partial charge on any atom is -0.294 e. The highest BCUT2D eigenvalue weighted by atomic mass is 79.9. The van der Waals surface area contributed by atoms with E-state index < -0.39 is 15.8 Å². The van der Waals surface area contributed by atoms with Crippen molar-refractivity contribution in [1.82, 2.24) is 14.8 Å². The van der Waals surface area contributed by atoms with Crippen molar-refractivity contribution in [2.24, 2.45) is 5.14 Å². The van der Waals surface area contributed by atoms with Gasteiger partial charge in [-0.15, -0.1) is 10.2 Å². The maximum atomic E-state index is 13.5. The van der Waals surface area contributed by atoms with Gasteiger partial charge in [0.2, 0.25) is 0 Å². The summed E-state index contributed by atoms with van der Waals surface area (Å²) in [4.78, 5) is 0. The normalized spacial score (nSPS) is 15.6. The highest BCUT2D eigenvalue weighted by Crippen LogP contribution is 2.40. The Kier molecular flexibility index (Phi) is 3.14. The molecule has 1 heterocycles. The third kappa shape index (κ3) is 2.48. The fraction of sp³-hybridized carbons (Fsp3) is 0.273. The number of hydrogen-bond acceptors (Lipinski definition) is 4. The van der Waals surface area contributed by atoms with E-state index >= 15 is 0 Å². The summed E-state index contributed by atoms with van der Waals surface area (Å²) in [5.74, 6) is -0.145. The van der Waals surface area contributed by atoms with Crippen molar-refractivity contribution in [3.63, 3.8) is 0 Å². The Bertz CT molecular complexity index is 765. The number of nitrogens with two attached hydrogens (primary N) is 1. The third-order valence-electron chi connectivity index (χ3n) is 2.95. The molecule has 1 saturated carbocycles. The Balaban J connectivity index is 2.22. The fourth-order valence-electron chi connectivity index (χ4n) is 2.01. The first-order valence-electron chi connectivity index (χ1n) is 5.80. The molecule has 0 aliphatic heterocycles. The van der Waals surface area contributed by atoms with E-state index in [0.717, 1.165) is 12.8 Å². The smallest absolute Gasteiger partial charge is 0.273 e. The lowest BCUT2D eigenvalue weighted by molar-refractivity contribution is 0.567. The van der Waals surface area contributed by atoms with Crippen LogP contribution in [0.2, 0.25) is 0 Å². The third-order valence-corrected chi connectivity index (χ3v) is 4.20. The first-order chi connectivity index (χ1) is 9.36. The standard InChI is InChI=1S/C11H10BrFN4O2S/c12-7-3-6(4-8(13)5-7)10-15-16-11(20(14,18)19)17(10)9-1-2-9/h3-5,9H,1-2H2,(H2,14,18,19). The topological polar surface area (TPSA) is 90.9 Å². The van der Waals surface area contributed by atoms with Gasteiger partial charge in [-0.25, -0.2) is 17.9 Å². The molecule has 0 radical (unpaired) electrons. The quantitative estimate of drug-likeness (QED) is 0.903. The second-order valence-electron chi connectivity index (χ2n) is 4.61. The molecule has 1 aromatic heterocycles. The summed E-state index contributed by atoms with van der Waals surface area (Å²) in [7, 11) is -3.96. The van der Waals surface area contributed by atoms with E-state index in [0.29, 0.717) is 15.9 Å². The Hall–Kier alpha value is -1.32. The molecule has 1 aliphatic rings. The summed E-state index contributed by atoms with van der Waals surface area (Å²) in [5.41, 5.74) is 0.450. The van der Waals surface area contributed by atoms with E-state index in [4.69, 9.17) is 5.14 Å². The van der Waals surface area contributed by atoms with Gasteiger partial charge >= 0.3 is 0 Å². The van der Waals surface area contributed by atoms with Crippen LogP contribution in [0.25, 0.3) is 11.4 Å². The number of sulfonamides is 1. The summed E-state index contributed by atoms with van der Waals surface area (Å²) in [6.07, 6.45) is 1.65. The van der Waals surface area contributed by atoms with E-state index in [1.165, 1.54) is 16.7 Å². The van der Waals surface area contributed by atoms with Crippen LogP contribution in [-0.2, 0) is 10.0 Å². The minimum atomic E-state index is -3.96. The molecule has 106 valence electrons. The molecule has 1 aromatic carbocycles. The predicted molar refractivity (Wildman–Crippen MR) is 72.8 cm³/mol. The van der Waals surface area contributed by atoms with Gasteiger partial charge in [-0.2, -0.15) is 0 Å². The maximum Gasteiger partial charge on any atom is 0.273 e. The molecule has 20 heavy (non-hydrogen) atoms. The molecule has 2 N–H and O–H groups in total. The van der Waals surface area contributed by atoms with Gasteiger partial charge in [0.25, 0.3) is 15.2 Å². The fourth-order valence-corrected chi connectivity index (χ4v) is 3.14. The molecular weight excluding hydrogens is 351 g/mol. The van der Waals surface area contributed by atoms with E-state index in [9.17, 15) is 12.8 Å². The highest BCUT2D eigenvalue weighted by molar-refractivity contribution is 9.10. The SMILES string of the molecule is NS(=O)(=O)c1nnc(-c2cc(F)cc(Br)c2)n1C1CC1. The molecule has 2 aromatic rings. The predicted octanol–water partition coefficient (Wildman–Crippen LogP) is 1.83. The van der Waals surface area contributed by atoms with Gasteiger partial charge in [0.05, 0.1) is 0 Å². The number of nitrogens with zero attached hydrogens (tertiary/aromatic N) is 3. The van der Waals surface area contributed by atoms with Gasteiger partial charge in [0.1, 0.15) is 5.82 Å². The van der Waals surface area contributed by atoms with Gasteiger partial charge in [-0.3, -0.25) is 4.57 Å². The van der Waals surface area contributed by atoms with Gasteiger partial charge in [0, 0.05) is 16.1 Å². The van der Waals surface area contributed by atoms with Crippen LogP contribution >= 0.6 is 15.9 Å². The number of aromatic nitrogens is 3. The Morgan fingerprint density at radius 1 is 1.30 bits per heavy atom. The van der Waals surface area contributed by atoms with Crippen LogP contribution in [-0.4, -0.2) is 23.2 Å². The van der Waals surface area contributed by atoms with E-state index in [1.807, 2.05) is 0 Å². The molecule has 1 fully saturated rings. The van der Waals surface area contributed by atoms with Crippen LogP contribution in [0.3, 0.4) is 0 Å². The zero-order valence-electron chi connectivity index (χ0n) is 10.1. The molecule has 1 aliphatic carbocycles. The van der Waals surface area contributed by atoms with Crippen molar-refractivity contribution in [2.75, 3.05) is 0 Å². The zero-order valence-corrected chi connectivity index (χ0v) is 12.5. The lowest BCUT2D eigenvalue weighted by Crippen LogP contribution is -2.18. The maximum absolute atomic E-state index is 13.5. The second-order valence-corrected chi connectivity index (χ2v) is 6.98. The molecular formula is C11H10BrFN4O2S. The van der Waals surface area contributed by atoms with Crippen molar-refractivity contribution in [2.45, 2.75) is 24.0 Å². The van der Waals surface area contributed by atoms with E-state index in [1.54, 1.807) is 6.07 Å². The first-order valence-corrected chi connectivity index (χ1v) is 8.14. The van der Waals surface area contributed by atoms with Crippen LogP contribution < -0.4 is 5.14 Å². The van der Waals surface area contributed by atoms with Crippen LogP contribution in [0.4, 0.5) is 4.39 Å². The number of benzene rings is 1. The Morgan fingerprint density at radius 3 is 2.55 bits per heavy atom. The Labute approximate surface area is 123 Å². The number of hydrogen-bond donors (Lipinski definition) is 1. The summed E-state index contributed by atoms with van der Waals surface area (Å²) in [6.45, 7) is 0. The molecule has 0 unspecified atom stereocenters. The second kappa shape index (κ2) is 4.61. The monoisotopic (exact) mass is 360 g/mol. The van der Waals surface area contributed by atoms with Crippen LogP contribution in [0.15, 0.2) is 27.8 Å². The van der Waals surface area contributed by atoms with Crippen molar-refractivity contribution >= 4 is 26.0 Å². The number of halogens is 2. The highest BCUT2D eigenvalue weighted by Gasteiger charge is 2.33. The number of rotatable bonds is 3. The first kappa shape index (κ1) is 13.7. The van der Waals surface area contributed by atoms with E-state index in [-0.39, 0.29) is 11.2 Å². The molecule has 0 saturated heterocycles. The van der Waals surface area contributed by atoms with Crippen molar-refractivity contribution in [3.8, 4) is 11.4 Å². The van der Waals surface area contributed by atoms with Gasteiger partial charge < -0.3 is 0 Å². The molecule has 0 bridgehead atoms. The summed E-state index contributed by atoms with van der Waals surface area (Å²) >= 11 is 3.19. The largest absolute Gasteiger partial charge is 0.294 e. The zero-order chi connectivity index (χ0) is 14.5. The molecule has 9 heteroatoms.